The first-order chi connectivity index (χ1) is 8.77. The summed E-state index contributed by atoms with van der Waals surface area (Å²) < 4.78 is 0. The number of allylic oxidation sites excluding steroid dienone is 2. The van der Waals surface area contributed by atoms with E-state index in [0.717, 1.165) is 12.8 Å². The van der Waals surface area contributed by atoms with Gasteiger partial charge in [-0.05, 0) is 32.1 Å². The third-order valence-electron chi connectivity index (χ3n) is 3.15. The normalized spacial score (nSPS) is 11.2. The maximum absolute atomic E-state index is 10.3. The molecule has 0 aliphatic carbocycles. The van der Waals surface area contributed by atoms with Crippen LogP contribution in [0, 0.1) is 0 Å². The molecule has 1 N–H and O–H groups in total. The minimum absolute atomic E-state index is 0.331. The van der Waals surface area contributed by atoms with Crippen LogP contribution in [0.5, 0.6) is 0 Å². The molecule has 0 aromatic rings. The van der Waals surface area contributed by atoms with Crippen LogP contribution in [0.25, 0.3) is 0 Å². The van der Waals surface area contributed by atoms with Crippen LogP contribution in [-0.2, 0) is 4.79 Å². The molecule has 0 fully saturated rings. The average molecular weight is 270 g/mol. The zero-order valence-electron chi connectivity index (χ0n) is 12.0. The lowest BCUT2D eigenvalue weighted by Crippen LogP contribution is -1.93. The fourth-order valence-electron chi connectivity index (χ4n) is 1.99. The average Bonchev–Trinajstić information content (AvgIpc) is 2.34. The smallest absolute Gasteiger partial charge is 0.303 e. The lowest BCUT2D eigenvalue weighted by Gasteiger charge is -1.98. The molecule has 0 rings (SSSR count). The molecule has 0 amide bonds. The molecular weight excluding hydrogens is 240 g/mol. The van der Waals surface area contributed by atoms with Crippen molar-refractivity contribution in [1.29, 1.82) is 0 Å². The van der Waals surface area contributed by atoms with Crippen LogP contribution in [0.4, 0.5) is 0 Å². The van der Waals surface area contributed by atoms with E-state index in [-0.39, 0.29) is 0 Å². The first kappa shape index (κ1) is 17.2. The fraction of sp³-hybridized carbons (Fsp3) is 0.812. The van der Waals surface area contributed by atoms with Crippen molar-refractivity contribution in [3.05, 3.63) is 12.2 Å². The number of unbranched alkanes of at least 4 members (excludes halogenated alkanes) is 9. The van der Waals surface area contributed by atoms with Crippen LogP contribution < -0.4 is 0 Å². The highest BCUT2D eigenvalue weighted by Gasteiger charge is 1.95. The number of hydrogen-bond acceptors (Lipinski definition) is 1. The summed E-state index contributed by atoms with van der Waals surface area (Å²) in [6.07, 6.45) is 18.3. The maximum Gasteiger partial charge on any atom is 0.303 e. The molecule has 2 heteroatoms. The predicted molar refractivity (Wildman–Crippen MR) is 77.9 cm³/mol. The summed E-state index contributed by atoms with van der Waals surface area (Å²) in [5.41, 5.74) is 0. The van der Waals surface area contributed by atoms with Crippen molar-refractivity contribution in [3.8, 4) is 0 Å². The Bertz CT molecular complexity index is 209. The quantitative estimate of drug-likeness (QED) is 0.279. The lowest BCUT2D eigenvalue weighted by molar-refractivity contribution is -0.137. The van der Waals surface area contributed by atoms with Gasteiger partial charge in [0, 0.05) is 6.42 Å². The largest absolute Gasteiger partial charge is 0.481 e. The summed E-state index contributed by atoms with van der Waals surface area (Å²) in [6.45, 7) is 2.24. The van der Waals surface area contributed by atoms with E-state index < -0.39 is 5.97 Å². The van der Waals surface area contributed by atoms with E-state index >= 15 is 0 Å². The summed E-state index contributed by atoms with van der Waals surface area (Å²) in [7, 11) is 0. The molecule has 0 aliphatic heterocycles. The van der Waals surface area contributed by atoms with Crippen molar-refractivity contribution >= 4 is 5.97 Å². The first-order valence-electron chi connectivity index (χ1n) is 7.64. The molecule has 0 unspecified atom stereocenters. The predicted octanol–water partition coefficient (Wildman–Crippen LogP) is 5.33. The van der Waals surface area contributed by atoms with Gasteiger partial charge in [-0.25, -0.2) is 0 Å². The third kappa shape index (κ3) is 15.2. The Balaban J connectivity index is 3.06. The second kappa shape index (κ2) is 14.3. The lowest BCUT2D eigenvalue weighted by atomic mass is 11.1. The Morgan fingerprint density at radius 2 is 1.33 bits per heavy atom. The van der Waals surface area contributed by atoms with Gasteiger partial charge in [0.1, 0.15) is 0 Å². The van der Waals surface area contributed by atoms with Crippen LogP contribution >= 0.6 is 0 Å². The third-order valence-corrected chi connectivity index (χ3v) is 3.15. The minimum Gasteiger partial charge on any atom is -0.481 e. The van der Waals surface area contributed by atoms with Gasteiger partial charge in [-0.2, -0.15) is 0 Å². The molecule has 106 valence electrons. The van der Waals surface area contributed by atoms with E-state index in [1.807, 2.05) is 0 Å². The number of hydrogen-bond donors (Lipinski definition) is 1. The monoisotopic (exact) mass is 270 g/mol. The number of carboxylic acid groups (broad SMARTS) is 1. The van der Waals surface area contributed by atoms with Crippen LogP contribution in [-0.4, -0.2) is 11.1 Å². The Morgan fingerprint density at radius 1 is 0.833 bits per heavy atom. The number of carbonyl (C=O) groups is 1. The highest BCUT2D eigenvalue weighted by atomic mass is 16.5. The van der Waals surface area contributed by atoms with Crippen molar-refractivity contribution in [3.63, 3.8) is 0 Å². The molecule has 18 heavy (non-hydrogen) atoms. The molecule has 0 radical (unpaired) electrons. The highest BCUT2D eigenvalue weighted by Crippen LogP contribution is 2.08. The van der Waals surface area contributed by atoms with Crippen LogP contribution in [0.15, 0.2) is 12.2 Å². The van der Waals surface area contributed by atoms with Crippen molar-refractivity contribution in [2.24, 2.45) is 0 Å². The summed E-state index contributed by atoms with van der Waals surface area (Å²) >= 11 is 0. The van der Waals surface area contributed by atoms with Gasteiger partial charge in [-0.3, -0.25) is 4.79 Å². The molecule has 0 aromatic carbocycles. The molecule has 0 saturated carbocycles. The van der Waals surface area contributed by atoms with E-state index in [1.54, 1.807) is 0 Å². The Labute approximate surface area is 112 Å². The molecule has 2 nitrogen and oxygen atoms in total. The standard InChI is InChI=1S/C16H30O2/c1-2-3-4-5-6-7-8-9-10-11-12-13-14-15-16(17)18/h7-8H,2-6,9-15H2,1H3,(H,17,18)/i1+1,2+1,3+1,4+1,5+1,6+1,7+1,8+1,9+1,10+1,11+1,12+1,13+1,14+1,15+1,16+1. The first-order valence-corrected chi connectivity index (χ1v) is 7.64. The Kier molecular flexibility index (Phi) is 13.6. The van der Waals surface area contributed by atoms with Gasteiger partial charge in [0.25, 0.3) is 0 Å². The zero-order chi connectivity index (χ0) is 13.5. The van der Waals surface area contributed by atoms with Gasteiger partial charge < -0.3 is 5.11 Å². The molecular formula is C16H30O2. The number of aliphatic carboxylic acids is 1. The maximum atomic E-state index is 10.3. The second-order valence-corrected chi connectivity index (χ2v) is 5.02. The van der Waals surface area contributed by atoms with Gasteiger partial charge in [0.2, 0.25) is 0 Å². The van der Waals surface area contributed by atoms with Crippen LogP contribution in [0.3, 0.4) is 0 Å². The Hall–Kier alpha value is -0.790. The van der Waals surface area contributed by atoms with E-state index in [0.29, 0.717) is 6.42 Å². The molecule has 0 aromatic heterocycles. The van der Waals surface area contributed by atoms with E-state index in [4.69, 9.17) is 5.11 Å². The summed E-state index contributed by atoms with van der Waals surface area (Å²) in [5.74, 6) is -0.666. The Morgan fingerprint density at radius 3 is 1.89 bits per heavy atom. The van der Waals surface area contributed by atoms with Crippen molar-refractivity contribution in [2.45, 2.75) is 84.0 Å². The van der Waals surface area contributed by atoms with Gasteiger partial charge in [0.15, 0.2) is 0 Å². The molecule has 0 aliphatic rings. The molecule has 0 atom stereocenters. The minimum atomic E-state index is -0.666. The second-order valence-electron chi connectivity index (χ2n) is 5.02. The van der Waals surface area contributed by atoms with Crippen molar-refractivity contribution in [2.75, 3.05) is 0 Å². The summed E-state index contributed by atoms with van der Waals surface area (Å²) in [4.78, 5) is 10.3. The van der Waals surface area contributed by atoms with E-state index in [9.17, 15) is 4.79 Å². The molecule has 0 saturated heterocycles. The topological polar surface area (TPSA) is 37.3 Å². The van der Waals surface area contributed by atoms with Crippen LogP contribution in [0.1, 0.15) is 84.0 Å². The highest BCUT2D eigenvalue weighted by molar-refractivity contribution is 5.66. The van der Waals surface area contributed by atoms with Gasteiger partial charge in [0.05, 0.1) is 0 Å². The summed E-state index contributed by atoms with van der Waals surface area (Å²) in [6, 6.07) is 0. The SMILES string of the molecule is [13CH3][13CH2][13CH2][13CH2][13CH2][13CH2][13CH]=[13CH][13CH2][13CH2][13CH2][13CH2][13CH2][13CH2][13CH2][13C](=O)O. The van der Waals surface area contributed by atoms with Gasteiger partial charge in [-0.15, -0.1) is 0 Å². The van der Waals surface area contributed by atoms with Crippen molar-refractivity contribution < 1.29 is 9.90 Å². The van der Waals surface area contributed by atoms with Gasteiger partial charge >= 0.3 is 5.97 Å². The molecule has 0 heterocycles. The fourth-order valence-corrected chi connectivity index (χ4v) is 1.99. The zero-order valence-corrected chi connectivity index (χ0v) is 12.0. The summed E-state index contributed by atoms with van der Waals surface area (Å²) in [5, 5.41) is 8.48. The van der Waals surface area contributed by atoms with E-state index in [2.05, 4.69) is 19.1 Å². The van der Waals surface area contributed by atoms with Crippen LogP contribution in [0.2, 0.25) is 0 Å². The molecule has 0 spiro atoms. The van der Waals surface area contributed by atoms with Crippen molar-refractivity contribution in [1.82, 2.24) is 0 Å². The van der Waals surface area contributed by atoms with E-state index in [1.165, 1.54) is 57.8 Å². The van der Waals surface area contributed by atoms with Gasteiger partial charge in [-0.1, -0.05) is 57.6 Å². The number of carboxylic acids is 1. The number of rotatable bonds is 13. The molecule has 0 bridgehead atoms.